The molecular formula is C21H18N2O5S3. The maximum Gasteiger partial charge on any atom is 0.338 e. The molecule has 0 unspecified atom stereocenters. The summed E-state index contributed by atoms with van der Waals surface area (Å²) in [6.07, 6.45) is 1.75. The van der Waals surface area contributed by atoms with Gasteiger partial charge in [0.2, 0.25) is 0 Å². The molecule has 0 saturated heterocycles. The zero-order chi connectivity index (χ0) is 22.1. The van der Waals surface area contributed by atoms with Gasteiger partial charge < -0.3 is 15.2 Å². The Balaban J connectivity index is 2.12. The van der Waals surface area contributed by atoms with Crippen LogP contribution in [0, 0.1) is 0 Å². The van der Waals surface area contributed by atoms with E-state index in [1.807, 2.05) is 35.0 Å². The summed E-state index contributed by atoms with van der Waals surface area (Å²) in [6.45, 7) is 1.81. The van der Waals surface area contributed by atoms with Crippen molar-refractivity contribution in [2.75, 3.05) is 13.7 Å². The molecule has 0 radical (unpaired) electrons. The molecule has 0 spiro atoms. The molecule has 0 fully saturated rings. The Morgan fingerprint density at radius 1 is 1.16 bits per heavy atom. The van der Waals surface area contributed by atoms with Gasteiger partial charge in [-0.05, 0) is 35.9 Å². The normalized spacial score (nSPS) is 16.4. The van der Waals surface area contributed by atoms with Gasteiger partial charge in [0.05, 0.1) is 35.3 Å². The van der Waals surface area contributed by atoms with Crippen molar-refractivity contribution in [3.05, 3.63) is 69.9 Å². The first-order valence-electron chi connectivity index (χ1n) is 9.28. The Hall–Kier alpha value is -2.95. The summed E-state index contributed by atoms with van der Waals surface area (Å²) in [7, 11) is 1.27. The Morgan fingerprint density at radius 2 is 1.90 bits per heavy atom. The largest absolute Gasteiger partial charge is 0.466 e. The summed E-state index contributed by atoms with van der Waals surface area (Å²) in [6, 6.07) is 7.40. The Bertz CT molecular complexity index is 1340. The van der Waals surface area contributed by atoms with Gasteiger partial charge in [0.25, 0.3) is 5.56 Å². The molecule has 31 heavy (non-hydrogen) atoms. The minimum Gasteiger partial charge on any atom is -0.466 e. The van der Waals surface area contributed by atoms with Crippen LogP contribution in [-0.4, -0.2) is 30.2 Å². The zero-order valence-corrected chi connectivity index (χ0v) is 19.1. The van der Waals surface area contributed by atoms with Gasteiger partial charge in [-0.15, -0.1) is 34.0 Å². The Kier molecular flexibility index (Phi) is 5.94. The molecule has 1 aliphatic heterocycles. The fraction of sp³-hybridized carbons (Fsp3) is 0.190. The van der Waals surface area contributed by atoms with E-state index >= 15 is 0 Å². The second-order valence-electron chi connectivity index (χ2n) is 6.44. The second kappa shape index (κ2) is 8.66. The molecule has 3 aromatic heterocycles. The predicted molar refractivity (Wildman–Crippen MR) is 122 cm³/mol. The molecule has 0 bridgehead atoms. The topological polar surface area (TPSA) is 101 Å². The third-order valence-electron chi connectivity index (χ3n) is 4.69. The van der Waals surface area contributed by atoms with E-state index in [2.05, 4.69) is 0 Å². The number of aromatic nitrogens is 1. The average molecular weight is 475 g/mol. The number of fused-ring (bicyclic) bond motifs is 1. The molecule has 4 rings (SSSR count). The number of hydrogen-bond acceptors (Lipinski definition) is 9. The van der Waals surface area contributed by atoms with Crippen LogP contribution in [0.3, 0.4) is 0 Å². The molecule has 0 saturated carbocycles. The summed E-state index contributed by atoms with van der Waals surface area (Å²) in [5.74, 6) is -2.14. The molecule has 2 N–H and O–H groups in total. The van der Waals surface area contributed by atoms with Gasteiger partial charge in [0.1, 0.15) is 10.5 Å². The number of ether oxygens (including phenoxy) is 2. The number of methoxy groups -OCH3 is 1. The highest BCUT2D eigenvalue weighted by Crippen LogP contribution is 2.39. The first-order valence-corrected chi connectivity index (χ1v) is 11.9. The third-order valence-corrected chi connectivity index (χ3v) is 7.56. The van der Waals surface area contributed by atoms with Crippen molar-refractivity contribution in [3.8, 4) is 0 Å². The standard InChI is InChI=1S/C21H18N2O5S3/c1-3-28-21(26)15-14(12-7-5-9-30-12)16(20(25)27-2)19-23(17(15)22)18(24)13(31-19)10-11-6-4-8-29-11/h4-10,14H,3,22H2,1-2H3/b13-10-/t14-/m0/s1. The van der Waals surface area contributed by atoms with Gasteiger partial charge in [0, 0.05) is 9.75 Å². The van der Waals surface area contributed by atoms with E-state index in [1.54, 1.807) is 13.0 Å². The summed E-state index contributed by atoms with van der Waals surface area (Å²) >= 11 is 4.01. The fourth-order valence-electron chi connectivity index (χ4n) is 3.41. The lowest BCUT2D eigenvalue weighted by molar-refractivity contribution is -0.138. The van der Waals surface area contributed by atoms with Crippen LogP contribution < -0.4 is 20.5 Å². The lowest BCUT2D eigenvalue weighted by Crippen LogP contribution is -2.41. The summed E-state index contributed by atoms with van der Waals surface area (Å²) in [5.41, 5.74) is 6.23. The van der Waals surface area contributed by atoms with Crippen molar-refractivity contribution < 1.29 is 19.1 Å². The van der Waals surface area contributed by atoms with Gasteiger partial charge in [-0.3, -0.25) is 9.36 Å². The van der Waals surface area contributed by atoms with Crippen LogP contribution >= 0.6 is 34.0 Å². The number of nitrogens with zero attached hydrogens (tertiary/aromatic N) is 1. The number of esters is 2. The van der Waals surface area contributed by atoms with Gasteiger partial charge in [-0.25, -0.2) is 9.59 Å². The molecule has 0 amide bonds. The van der Waals surface area contributed by atoms with E-state index in [0.717, 1.165) is 21.1 Å². The highest BCUT2D eigenvalue weighted by Gasteiger charge is 2.40. The number of thiophene rings is 2. The Labute approximate surface area is 189 Å². The van der Waals surface area contributed by atoms with Crippen LogP contribution in [-0.2, 0) is 19.1 Å². The van der Waals surface area contributed by atoms with Crippen molar-refractivity contribution in [3.63, 3.8) is 0 Å². The first-order chi connectivity index (χ1) is 15.0. The molecule has 7 nitrogen and oxygen atoms in total. The van der Waals surface area contributed by atoms with Crippen LogP contribution in [0.5, 0.6) is 0 Å². The molecule has 3 aromatic rings. The van der Waals surface area contributed by atoms with Crippen LogP contribution in [0.25, 0.3) is 17.5 Å². The first kappa shape index (κ1) is 21.3. The van der Waals surface area contributed by atoms with Crippen molar-refractivity contribution in [2.24, 2.45) is 5.73 Å². The number of hydrogen-bond donors (Lipinski definition) is 1. The van der Waals surface area contributed by atoms with E-state index in [9.17, 15) is 14.4 Å². The van der Waals surface area contributed by atoms with E-state index in [-0.39, 0.29) is 23.6 Å². The highest BCUT2D eigenvalue weighted by atomic mass is 32.1. The van der Waals surface area contributed by atoms with Gasteiger partial charge in [-0.2, -0.15) is 0 Å². The molecule has 1 atom stereocenters. The summed E-state index contributed by atoms with van der Waals surface area (Å²) in [4.78, 5) is 40.7. The van der Waals surface area contributed by atoms with Crippen LogP contribution in [0.2, 0.25) is 0 Å². The SMILES string of the molecule is CCOC(=O)C1=C(N)n2c(s/c(=C\c3cccs3)c2=O)=C(C(=O)OC)[C@H]1c1cccs1. The number of thiazole rings is 1. The minimum atomic E-state index is -0.792. The highest BCUT2D eigenvalue weighted by molar-refractivity contribution is 7.11. The molecule has 0 aromatic carbocycles. The predicted octanol–water partition coefficient (Wildman–Crippen LogP) is 1.67. The number of carbonyl (C=O) groups is 2. The third kappa shape index (κ3) is 3.67. The molecule has 160 valence electrons. The van der Waals surface area contributed by atoms with E-state index in [0.29, 0.717) is 9.20 Å². The molecule has 1 aliphatic rings. The second-order valence-corrected chi connectivity index (χ2v) is 9.43. The molecule has 10 heteroatoms. The maximum atomic E-state index is 13.2. The molecule has 4 heterocycles. The lowest BCUT2D eigenvalue weighted by atomic mass is 9.88. The summed E-state index contributed by atoms with van der Waals surface area (Å²) in [5, 5.41) is 3.75. The smallest absolute Gasteiger partial charge is 0.338 e. The van der Waals surface area contributed by atoms with E-state index in [4.69, 9.17) is 15.2 Å². The van der Waals surface area contributed by atoms with Gasteiger partial charge in [-0.1, -0.05) is 12.1 Å². The van der Waals surface area contributed by atoms with Crippen molar-refractivity contribution in [2.45, 2.75) is 12.8 Å². The van der Waals surface area contributed by atoms with Crippen LogP contribution in [0.4, 0.5) is 0 Å². The maximum absolute atomic E-state index is 13.2. The van der Waals surface area contributed by atoms with Crippen molar-refractivity contribution in [1.29, 1.82) is 0 Å². The van der Waals surface area contributed by atoms with E-state index in [1.165, 1.54) is 34.4 Å². The summed E-state index contributed by atoms with van der Waals surface area (Å²) < 4.78 is 12.2. The fourth-order valence-corrected chi connectivity index (χ4v) is 6.14. The monoisotopic (exact) mass is 474 g/mol. The van der Waals surface area contributed by atoms with Crippen LogP contribution in [0.1, 0.15) is 22.6 Å². The van der Waals surface area contributed by atoms with Gasteiger partial charge >= 0.3 is 11.9 Å². The van der Waals surface area contributed by atoms with E-state index < -0.39 is 23.4 Å². The number of rotatable bonds is 5. The lowest BCUT2D eigenvalue weighted by Gasteiger charge is -2.25. The molecule has 0 aliphatic carbocycles. The molecular weight excluding hydrogens is 456 g/mol. The quantitative estimate of drug-likeness (QED) is 0.565. The minimum absolute atomic E-state index is 0.0356. The Morgan fingerprint density at radius 3 is 2.52 bits per heavy atom. The van der Waals surface area contributed by atoms with Gasteiger partial charge in [0.15, 0.2) is 0 Å². The van der Waals surface area contributed by atoms with Crippen LogP contribution in [0.15, 0.2) is 45.4 Å². The number of nitrogens with two attached hydrogens (primary N) is 1. The van der Waals surface area contributed by atoms with Crippen molar-refractivity contribution in [1.82, 2.24) is 4.57 Å². The number of carbonyl (C=O) groups excluding carboxylic acids is 2. The zero-order valence-electron chi connectivity index (χ0n) is 16.6. The van der Waals surface area contributed by atoms with Crippen molar-refractivity contribution >= 4 is 63.4 Å². The average Bonchev–Trinajstić information content (AvgIpc) is 3.50.